The van der Waals surface area contributed by atoms with Gasteiger partial charge in [-0.25, -0.2) is 0 Å². The zero-order chi connectivity index (χ0) is 27.3. The highest BCUT2D eigenvalue weighted by Crippen LogP contribution is 2.48. The van der Waals surface area contributed by atoms with Gasteiger partial charge in [0.1, 0.15) is 11.3 Å². The molecule has 4 rings (SSSR count). The summed E-state index contributed by atoms with van der Waals surface area (Å²) in [6, 6.07) is 7.11. The van der Waals surface area contributed by atoms with Gasteiger partial charge in [-0.1, -0.05) is 32.0 Å². The molecule has 2 saturated carbocycles. The van der Waals surface area contributed by atoms with Crippen molar-refractivity contribution < 1.29 is 41.0 Å². The minimum absolute atomic E-state index is 0.0367. The average Bonchev–Trinajstić information content (AvgIpc) is 2.79. The minimum Gasteiger partial charge on any atom is -0.490 e. The largest absolute Gasteiger partial charge is 0.490 e. The quantitative estimate of drug-likeness (QED) is 0.379. The van der Waals surface area contributed by atoms with Gasteiger partial charge in [-0.05, 0) is 72.9 Å². The van der Waals surface area contributed by atoms with E-state index in [2.05, 4.69) is 5.32 Å². The van der Waals surface area contributed by atoms with E-state index in [0.29, 0.717) is 17.4 Å². The lowest BCUT2D eigenvalue weighted by atomic mass is 9.58. The first-order valence-corrected chi connectivity index (χ1v) is 12.4. The van der Waals surface area contributed by atoms with Crippen molar-refractivity contribution >= 4 is 16.7 Å². The average molecular weight is 532 g/mol. The van der Waals surface area contributed by atoms with Crippen molar-refractivity contribution in [3.63, 3.8) is 0 Å². The van der Waals surface area contributed by atoms with E-state index in [0.717, 1.165) is 0 Å². The molecule has 2 N–H and O–H groups in total. The van der Waals surface area contributed by atoms with E-state index in [-0.39, 0.29) is 48.9 Å². The summed E-state index contributed by atoms with van der Waals surface area (Å²) in [7, 11) is 0. The van der Waals surface area contributed by atoms with Gasteiger partial charge in [0.15, 0.2) is 0 Å². The number of rotatable bonds is 6. The Kier molecular flexibility index (Phi) is 7.20. The summed E-state index contributed by atoms with van der Waals surface area (Å²) in [5, 5.41) is 13.0. The molecule has 2 fully saturated rings. The van der Waals surface area contributed by atoms with Crippen LogP contribution in [-0.4, -0.2) is 29.4 Å². The van der Waals surface area contributed by atoms with Crippen LogP contribution in [0, 0.1) is 17.3 Å². The van der Waals surface area contributed by atoms with E-state index in [1.54, 1.807) is 12.1 Å². The maximum absolute atomic E-state index is 14.3. The summed E-state index contributed by atoms with van der Waals surface area (Å²) in [5.41, 5.74) is -0.831. The molecule has 2 aliphatic carbocycles. The number of halogens is 6. The molecule has 2 aliphatic rings. The van der Waals surface area contributed by atoms with Crippen molar-refractivity contribution in [3.05, 3.63) is 41.5 Å². The van der Waals surface area contributed by atoms with Crippen LogP contribution in [0.5, 0.6) is 5.75 Å². The van der Waals surface area contributed by atoms with E-state index < -0.39 is 47.2 Å². The Balaban J connectivity index is 1.58. The molecule has 2 unspecified atom stereocenters. The Labute approximate surface area is 211 Å². The maximum Gasteiger partial charge on any atom is 0.420 e. The third-order valence-electron chi connectivity index (χ3n) is 8.24. The van der Waals surface area contributed by atoms with Crippen molar-refractivity contribution in [2.24, 2.45) is 17.3 Å². The smallest absolute Gasteiger partial charge is 0.420 e. The van der Waals surface area contributed by atoms with Crippen LogP contribution in [0.3, 0.4) is 0 Å². The highest BCUT2D eigenvalue weighted by Gasteiger charge is 2.52. The number of aliphatic carboxylic acids is 1. The van der Waals surface area contributed by atoms with Crippen LogP contribution < -0.4 is 10.1 Å². The minimum atomic E-state index is -4.74. The van der Waals surface area contributed by atoms with Crippen molar-refractivity contribution in [2.45, 2.75) is 83.4 Å². The van der Waals surface area contributed by atoms with Gasteiger partial charge < -0.3 is 15.2 Å². The number of carboxylic acids is 1. The predicted molar refractivity (Wildman–Crippen MR) is 126 cm³/mol. The SMILES string of the molecule is C[C@@H](NC1CC(C(=O)O)C1(C)C)c1ccc2ccc(OC3CCC(C(F)(F)F)CC3)c(C(F)(F)F)c2c1. The van der Waals surface area contributed by atoms with Gasteiger partial charge in [0.25, 0.3) is 0 Å². The summed E-state index contributed by atoms with van der Waals surface area (Å²) in [5.74, 6) is -3.18. The topological polar surface area (TPSA) is 58.6 Å². The molecule has 0 saturated heterocycles. The van der Waals surface area contributed by atoms with Crippen molar-refractivity contribution in [3.8, 4) is 5.75 Å². The van der Waals surface area contributed by atoms with Crippen LogP contribution in [0.25, 0.3) is 10.8 Å². The number of nitrogens with one attached hydrogen (secondary N) is 1. The second kappa shape index (κ2) is 9.67. The van der Waals surface area contributed by atoms with Gasteiger partial charge in [0, 0.05) is 12.1 Å². The highest BCUT2D eigenvalue weighted by atomic mass is 19.4. The van der Waals surface area contributed by atoms with Crippen LogP contribution in [-0.2, 0) is 11.0 Å². The molecule has 0 radical (unpaired) electrons. The van der Waals surface area contributed by atoms with Crippen LogP contribution in [0.15, 0.2) is 30.3 Å². The molecule has 0 aromatic heterocycles. The Morgan fingerprint density at radius 1 is 1.05 bits per heavy atom. The van der Waals surface area contributed by atoms with Crippen LogP contribution in [0.2, 0.25) is 0 Å². The van der Waals surface area contributed by atoms with Gasteiger partial charge in [-0.3, -0.25) is 4.79 Å². The standard InChI is InChI=1S/C27H31F6NO3/c1-14(34-22-13-20(24(35)36)25(22,2)3)16-5-4-15-6-11-21(23(19(15)12-16)27(31,32)33)37-18-9-7-17(8-10-18)26(28,29)30/h4-6,11-12,14,17-18,20,22,34H,7-10,13H2,1-3H3,(H,35,36)/t14-,17?,18?,20?,22?/m1/s1. The number of carboxylic acid groups (broad SMARTS) is 1. The van der Waals surface area contributed by atoms with Crippen molar-refractivity contribution in [1.82, 2.24) is 5.32 Å². The fraction of sp³-hybridized carbons (Fsp3) is 0.593. The molecule has 0 heterocycles. The van der Waals surface area contributed by atoms with E-state index in [9.17, 15) is 36.2 Å². The first-order valence-electron chi connectivity index (χ1n) is 12.4. The molecule has 37 heavy (non-hydrogen) atoms. The second-order valence-corrected chi connectivity index (χ2v) is 10.9. The predicted octanol–water partition coefficient (Wildman–Crippen LogP) is 7.51. The molecule has 0 aliphatic heterocycles. The van der Waals surface area contributed by atoms with Gasteiger partial charge in [0.2, 0.25) is 0 Å². The van der Waals surface area contributed by atoms with Gasteiger partial charge in [-0.15, -0.1) is 0 Å². The summed E-state index contributed by atoms with van der Waals surface area (Å²) in [6.07, 6.45) is -9.60. The summed E-state index contributed by atoms with van der Waals surface area (Å²) < 4.78 is 87.4. The van der Waals surface area contributed by atoms with Crippen molar-refractivity contribution in [1.29, 1.82) is 0 Å². The molecule has 0 bridgehead atoms. The Bertz CT molecular complexity index is 1150. The number of alkyl halides is 6. The summed E-state index contributed by atoms with van der Waals surface area (Å²) >= 11 is 0. The maximum atomic E-state index is 14.3. The molecule has 0 amide bonds. The summed E-state index contributed by atoms with van der Waals surface area (Å²) in [4.78, 5) is 11.4. The molecule has 3 atom stereocenters. The van der Waals surface area contributed by atoms with Crippen LogP contribution in [0.1, 0.15) is 70.0 Å². The third kappa shape index (κ3) is 5.54. The molecule has 204 valence electrons. The van der Waals surface area contributed by atoms with E-state index in [1.165, 1.54) is 18.2 Å². The van der Waals surface area contributed by atoms with E-state index >= 15 is 0 Å². The second-order valence-electron chi connectivity index (χ2n) is 10.9. The number of fused-ring (bicyclic) bond motifs is 1. The lowest BCUT2D eigenvalue weighted by Gasteiger charge is -2.51. The van der Waals surface area contributed by atoms with Gasteiger partial charge >= 0.3 is 18.3 Å². The fourth-order valence-corrected chi connectivity index (χ4v) is 5.69. The number of benzene rings is 2. The van der Waals surface area contributed by atoms with Gasteiger partial charge in [-0.2, -0.15) is 26.3 Å². The zero-order valence-corrected chi connectivity index (χ0v) is 20.8. The molecule has 2 aromatic rings. The Morgan fingerprint density at radius 3 is 2.22 bits per heavy atom. The highest BCUT2D eigenvalue weighted by molar-refractivity contribution is 5.89. The fourth-order valence-electron chi connectivity index (χ4n) is 5.69. The van der Waals surface area contributed by atoms with E-state index in [1.807, 2.05) is 20.8 Å². The van der Waals surface area contributed by atoms with Gasteiger partial charge in [0.05, 0.1) is 17.9 Å². The van der Waals surface area contributed by atoms with Crippen LogP contribution >= 0.6 is 0 Å². The normalized spacial score (nSPS) is 26.9. The number of carbonyl (C=O) groups is 1. The lowest BCUT2D eigenvalue weighted by Crippen LogP contribution is -2.59. The number of hydrogen-bond acceptors (Lipinski definition) is 3. The molecule has 0 spiro atoms. The molecule has 10 heteroatoms. The molecule has 2 aromatic carbocycles. The molecular weight excluding hydrogens is 500 g/mol. The lowest BCUT2D eigenvalue weighted by molar-refractivity contribution is -0.185. The monoisotopic (exact) mass is 531 g/mol. The van der Waals surface area contributed by atoms with E-state index in [4.69, 9.17) is 4.74 Å². The first-order chi connectivity index (χ1) is 17.1. The van der Waals surface area contributed by atoms with Crippen molar-refractivity contribution in [2.75, 3.05) is 0 Å². The third-order valence-corrected chi connectivity index (χ3v) is 8.24. The zero-order valence-electron chi connectivity index (χ0n) is 20.8. The molecular formula is C27H31F6NO3. The first kappa shape index (κ1) is 27.5. The summed E-state index contributed by atoms with van der Waals surface area (Å²) in [6.45, 7) is 5.53. The number of hydrogen-bond donors (Lipinski definition) is 2. The van der Waals surface area contributed by atoms with Crippen LogP contribution in [0.4, 0.5) is 26.3 Å². The number of ether oxygens (including phenoxy) is 1. The molecule has 4 nitrogen and oxygen atoms in total. The Hall–Kier alpha value is -2.49. The Morgan fingerprint density at radius 2 is 1.68 bits per heavy atom.